The van der Waals surface area contributed by atoms with E-state index in [-0.39, 0.29) is 12.0 Å². The number of amides is 1. The third kappa shape index (κ3) is 3.35. The second-order valence-corrected chi connectivity index (χ2v) is 3.98. The Bertz CT molecular complexity index is 483. The fourth-order valence-electron chi connectivity index (χ4n) is 1.49. The summed E-state index contributed by atoms with van der Waals surface area (Å²) in [5, 5.41) is 11.3. The Morgan fingerprint density at radius 3 is 2.78 bits per heavy atom. The zero-order valence-electron chi connectivity index (χ0n) is 10.1. The molecule has 1 aromatic carbocycles. The maximum atomic E-state index is 11.9. The van der Waals surface area contributed by atoms with Gasteiger partial charge in [0.2, 0.25) is 0 Å². The van der Waals surface area contributed by atoms with Gasteiger partial charge in [-0.2, -0.15) is 0 Å². The van der Waals surface area contributed by atoms with Crippen molar-refractivity contribution in [3.05, 3.63) is 42.0 Å². The Balaban J connectivity index is 2.89. The lowest BCUT2D eigenvalue weighted by molar-refractivity contribution is -0.139. The van der Waals surface area contributed by atoms with E-state index in [2.05, 4.69) is 11.9 Å². The predicted octanol–water partition coefficient (Wildman–Crippen LogP) is 1.34. The fraction of sp³-hybridized carbons (Fsp3) is 0.231. The van der Waals surface area contributed by atoms with Crippen molar-refractivity contribution < 1.29 is 14.7 Å². The summed E-state index contributed by atoms with van der Waals surface area (Å²) in [5.74, 6) is -1.60. The van der Waals surface area contributed by atoms with Crippen LogP contribution < -0.4 is 11.1 Å². The van der Waals surface area contributed by atoms with E-state index in [1.165, 1.54) is 6.08 Å². The van der Waals surface area contributed by atoms with Crippen LogP contribution in [0.15, 0.2) is 30.9 Å². The summed E-state index contributed by atoms with van der Waals surface area (Å²) >= 11 is 0. The number of benzene rings is 1. The number of aliphatic carboxylic acids is 1. The normalized spacial score (nSPS) is 11.6. The highest BCUT2D eigenvalue weighted by Gasteiger charge is 2.20. The number of carboxylic acids is 1. The molecule has 4 N–H and O–H groups in total. The summed E-state index contributed by atoms with van der Waals surface area (Å²) in [6, 6.07) is 4.03. The first-order valence-electron chi connectivity index (χ1n) is 5.46. The van der Waals surface area contributed by atoms with Crippen molar-refractivity contribution in [1.82, 2.24) is 5.32 Å². The molecule has 0 aromatic heterocycles. The van der Waals surface area contributed by atoms with Gasteiger partial charge in [-0.05, 0) is 25.5 Å². The summed E-state index contributed by atoms with van der Waals surface area (Å²) in [7, 11) is 0. The first kappa shape index (κ1) is 13.8. The van der Waals surface area contributed by atoms with Crippen molar-refractivity contribution in [1.29, 1.82) is 0 Å². The lowest BCUT2D eigenvalue weighted by atomic mass is 10.1. The molecule has 5 nitrogen and oxygen atoms in total. The standard InChI is InChI=1S/C13H16N2O3/c1-3-4-11(13(17)18)15-12(16)9-7-8(2)5-6-10(9)14/h3,5-7,11H,1,4,14H2,2H3,(H,15,16)(H,17,18). The van der Waals surface area contributed by atoms with Crippen LogP contribution in [0.4, 0.5) is 5.69 Å². The van der Waals surface area contributed by atoms with Gasteiger partial charge >= 0.3 is 5.97 Å². The van der Waals surface area contributed by atoms with Gasteiger partial charge in [0, 0.05) is 5.69 Å². The van der Waals surface area contributed by atoms with Crippen LogP contribution in [-0.4, -0.2) is 23.0 Å². The molecule has 0 aliphatic heterocycles. The first-order valence-corrected chi connectivity index (χ1v) is 5.46. The van der Waals surface area contributed by atoms with Crippen LogP contribution in [0, 0.1) is 6.92 Å². The third-order valence-electron chi connectivity index (χ3n) is 2.46. The van der Waals surface area contributed by atoms with Gasteiger partial charge in [-0.3, -0.25) is 4.79 Å². The van der Waals surface area contributed by atoms with Gasteiger partial charge in [-0.25, -0.2) is 4.79 Å². The quantitative estimate of drug-likeness (QED) is 0.541. The van der Waals surface area contributed by atoms with Crippen LogP contribution in [-0.2, 0) is 4.79 Å². The number of nitrogens with two attached hydrogens (primary N) is 1. The van der Waals surface area contributed by atoms with Crippen LogP contribution in [0.1, 0.15) is 22.3 Å². The maximum Gasteiger partial charge on any atom is 0.326 e. The lowest BCUT2D eigenvalue weighted by Crippen LogP contribution is -2.40. The number of aryl methyl sites for hydroxylation is 1. The van der Waals surface area contributed by atoms with Gasteiger partial charge < -0.3 is 16.2 Å². The van der Waals surface area contributed by atoms with Crippen LogP contribution in [0.3, 0.4) is 0 Å². The molecular formula is C13H16N2O3. The van der Waals surface area contributed by atoms with Crippen molar-refractivity contribution in [2.75, 3.05) is 5.73 Å². The molecular weight excluding hydrogens is 232 g/mol. The summed E-state index contributed by atoms with van der Waals surface area (Å²) in [6.07, 6.45) is 1.60. The number of carbonyl (C=O) groups is 2. The second-order valence-electron chi connectivity index (χ2n) is 3.98. The SMILES string of the molecule is C=CCC(NC(=O)c1cc(C)ccc1N)C(=O)O. The number of anilines is 1. The summed E-state index contributed by atoms with van der Waals surface area (Å²) in [5.41, 5.74) is 7.17. The lowest BCUT2D eigenvalue weighted by Gasteiger charge is -2.13. The Labute approximate surface area is 105 Å². The minimum absolute atomic E-state index is 0.160. The van der Waals surface area contributed by atoms with E-state index in [4.69, 9.17) is 10.8 Å². The molecule has 0 aliphatic carbocycles. The number of nitrogen functional groups attached to an aromatic ring is 1. The molecule has 1 amide bonds. The molecule has 1 aromatic rings. The molecule has 5 heteroatoms. The molecule has 0 spiro atoms. The largest absolute Gasteiger partial charge is 0.480 e. The highest BCUT2D eigenvalue weighted by atomic mass is 16.4. The van der Waals surface area contributed by atoms with E-state index in [0.717, 1.165) is 5.56 Å². The van der Waals surface area contributed by atoms with Crippen LogP contribution in [0.2, 0.25) is 0 Å². The number of carboxylic acid groups (broad SMARTS) is 1. The molecule has 0 fully saturated rings. The summed E-state index contributed by atoms with van der Waals surface area (Å²) < 4.78 is 0. The van der Waals surface area contributed by atoms with E-state index < -0.39 is 17.9 Å². The Hall–Kier alpha value is -2.30. The molecule has 0 saturated heterocycles. The molecule has 18 heavy (non-hydrogen) atoms. The van der Waals surface area contributed by atoms with Gasteiger partial charge in [0.05, 0.1) is 5.56 Å². The molecule has 1 rings (SSSR count). The van der Waals surface area contributed by atoms with E-state index in [9.17, 15) is 9.59 Å². The predicted molar refractivity (Wildman–Crippen MR) is 69.3 cm³/mol. The van der Waals surface area contributed by atoms with Crippen LogP contribution >= 0.6 is 0 Å². The average molecular weight is 248 g/mol. The van der Waals surface area contributed by atoms with Crippen molar-refractivity contribution in [3.8, 4) is 0 Å². The summed E-state index contributed by atoms with van der Waals surface area (Å²) in [4.78, 5) is 22.8. The molecule has 0 aliphatic rings. The Kier molecular flexibility index (Phi) is 4.48. The molecule has 0 radical (unpaired) electrons. The van der Waals surface area contributed by atoms with Crippen molar-refractivity contribution >= 4 is 17.6 Å². The topological polar surface area (TPSA) is 92.4 Å². The monoisotopic (exact) mass is 248 g/mol. The molecule has 1 atom stereocenters. The third-order valence-corrected chi connectivity index (χ3v) is 2.46. The van der Waals surface area contributed by atoms with E-state index in [1.54, 1.807) is 18.2 Å². The molecule has 0 bridgehead atoms. The van der Waals surface area contributed by atoms with Crippen LogP contribution in [0.5, 0.6) is 0 Å². The number of rotatable bonds is 5. The average Bonchev–Trinajstić information content (AvgIpc) is 2.31. The molecule has 0 saturated carbocycles. The van der Waals surface area contributed by atoms with Gasteiger partial charge in [0.15, 0.2) is 0 Å². The number of hydrogen-bond donors (Lipinski definition) is 3. The number of nitrogens with one attached hydrogen (secondary N) is 1. The van der Waals surface area contributed by atoms with E-state index in [0.29, 0.717) is 5.69 Å². The number of hydrogen-bond acceptors (Lipinski definition) is 3. The molecule has 96 valence electrons. The maximum absolute atomic E-state index is 11.9. The zero-order chi connectivity index (χ0) is 13.7. The Morgan fingerprint density at radius 2 is 2.22 bits per heavy atom. The van der Waals surface area contributed by atoms with Gasteiger partial charge in [-0.1, -0.05) is 17.7 Å². The second kappa shape index (κ2) is 5.86. The minimum Gasteiger partial charge on any atom is -0.480 e. The molecule has 0 heterocycles. The van der Waals surface area contributed by atoms with Gasteiger partial charge in [0.25, 0.3) is 5.91 Å². The zero-order valence-corrected chi connectivity index (χ0v) is 10.1. The van der Waals surface area contributed by atoms with Gasteiger partial charge in [-0.15, -0.1) is 6.58 Å². The van der Waals surface area contributed by atoms with E-state index >= 15 is 0 Å². The summed E-state index contributed by atoms with van der Waals surface area (Å²) in [6.45, 7) is 5.28. The van der Waals surface area contributed by atoms with Crippen molar-refractivity contribution in [3.63, 3.8) is 0 Å². The van der Waals surface area contributed by atoms with Crippen molar-refractivity contribution in [2.45, 2.75) is 19.4 Å². The fourth-order valence-corrected chi connectivity index (χ4v) is 1.49. The molecule has 1 unspecified atom stereocenters. The highest BCUT2D eigenvalue weighted by Crippen LogP contribution is 2.14. The number of carbonyl (C=O) groups excluding carboxylic acids is 1. The smallest absolute Gasteiger partial charge is 0.326 e. The minimum atomic E-state index is -1.10. The van der Waals surface area contributed by atoms with Crippen molar-refractivity contribution in [2.24, 2.45) is 0 Å². The highest BCUT2D eigenvalue weighted by molar-refractivity contribution is 6.01. The Morgan fingerprint density at radius 1 is 1.56 bits per heavy atom. The van der Waals surface area contributed by atoms with E-state index in [1.807, 2.05) is 6.92 Å². The van der Waals surface area contributed by atoms with Crippen LogP contribution in [0.25, 0.3) is 0 Å². The first-order chi connectivity index (χ1) is 8.45. The van der Waals surface area contributed by atoms with Gasteiger partial charge in [0.1, 0.15) is 6.04 Å².